The van der Waals surface area contributed by atoms with Crippen LogP contribution in [0.4, 0.5) is 0 Å². The second kappa shape index (κ2) is 6.82. The third-order valence-electron chi connectivity index (χ3n) is 2.34. The predicted octanol–water partition coefficient (Wildman–Crippen LogP) is 2.87. The summed E-state index contributed by atoms with van der Waals surface area (Å²) in [5.41, 5.74) is 1.95. The number of carbonyl (C=O) groups is 1. The first kappa shape index (κ1) is 15.1. The smallest absolute Gasteiger partial charge is 0.300 e. The van der Waals surface area contributed by atoms with Crippen LogP contribution < -0.4 is 0 Å². The molecule has 0 spiro atoms. The summed E-state index contributed by atoms with van der Waals surface area (Å²) >= 11 is 0. The molecule has 99 valence electrons. The van der Waals surface area contributed by atoms with Gasteiger partial charge in [0.2, 0.25) is 0 Å². The summed E-state index contributed by atoms with van der Waals surface area (Å²) in [5, 5.41) is 9.69. The average molecular weight is 299 g/mol. The molecule has 0 atom stereocenters. The van der Waals surface area contributed by atoms with E-state index in [1.807, 2.05) is 12.1 Å². The minimum Gasteiger partial charge on any atom is -0.481 e. The van der Waals surface area contributed by atoms with Crippen molar-refractivity contribution in [1.82, 2.24) is 9.97 Å². The van der Waals surface area contributed by atoms with Gasteiger partial charge in [0.05, 0.1) is 11.0 Å². The first-order valence-corrected chi connectivity index (χ1v) is 5.46. The van der Waals surface area contributed by atoms with Gasteiger partial charge < -0.3 is 5.11 Å². The fourth-order valence-corrected chi connectivity index (χ4v) is 1.68. The molecule has 0 unspecified atom stereocenters. The largest absolute Gasteiger partial charge is 0.481 e. The molecule has 1 N–H and O–H groups in total. The number of hydrogen-bond donors (Lipinski definition) is 1. The summed E-state index contributed by atoms with van der Waals surface area (Å²) in [7, 11) is 0. The molecular weight excluding hydrogens is 287 g/mol. The standard InChI is InChI=1S/C12H8N2.C2H4O2.Co/c1-3-9-5-6-10-4-2-8-14-12(10)11(9)13-7-1;1-2(3)4;/h1-8H;1H3,(H,3,4);. The second-order valence-corrected chi connectivity index (χ2v) is 3.73. The Morgan fingerprint density at radius 1 is 0.947 bits per heavy atom. The minimum atomic E-state index is -0.833. The van der Waals surface area contributed by atoms with Crippen LogP contribution in [-0.2, 0) is 21.6 Å². The van der Waals surface area contributed by atoms with Crippen molar-refractivity contribution in [1.29, 1.82) is 0 Å². The number of hydrogen-bond acceptors (Lipinski definition) is 3. The van der Waals surface area contributed by atoms with Crippen LogP contribution in [-0.4, -0.2) is 21.0 Å². The van der Waals surface area contributed by atoms with E-state index in [-0.39, 0.29) is 16.8 Å². The number of carboxylic acids is 1. The van der Waals surface area contributed by atoms with E-state index in [1.54, 1.807) is 12.4 Å². The Bertz CT molecular complexity index is 642. The van der Waals surface area contributed by atoms with Gasteiger partial charge >= 0.3 is 0 Å². The minimum absolute atomic E-state index is 0. The third kappa shape index (κ3) is 3.74. The van der Waals surface area contributed by atoms with Crippen LogP contribution in [0.3, 0.4) is 0 Å². The number of benzene rings is 1. The molecular formula is C14H12CoN2O2. The summed E-state index contributed by atoms with van der Waals surface area (Å²) < 4.78 is 0. The quantitative estimate of drug-likeness (QED) is 0.648. The Hall–Kier alpha value is -1.98. The van der Waals surface area contributed by atoms with E-state index in [4.69, 9.17) is 9.90 Å². The van der Waals surface area contributed by atoms with Crippen molar-refractivity contribution >= 4 is 27.8 Å². The SMILES string of the molecule is CC(=O)O.[Co].c1cnc2c(c1)ccc1cccnc12. The summed E-state index contributed by atoms with van der Waals surface area (Å²) in [6.45, 7) is 1.08. The van der Waals surface area contributed by atoms with Crippen molar-refractivity contribution in [2.24, 2.45) is 0 Å². The first-order valence-electron chi connectivity index (χ1n) is 5.46. The average Bonchev–Trinajstić information content (AvgIpc) is 2.38. The van der Waals surface area contributed by atoms with Gasteiger partial charge in [-0.1, -0.05) is 24.3 Å². The molecule has 0 amide bonds. The fraction of sp³-hybridized carbons (Fsp3) is 0.0714. The molecule has 4 nitrogen and oxygen atoms in total. The molecule has 0 saturated carbocycles. The molecule has 3 rings (SSSR count). The van der Waals surface area contributed by atoms with Gasteiger partial charge in [0.1, 0.15) is 0 Å². The molecule has 2 heterocycles. The molecule has 19 heavy (non-hydrogen) atoms. The Kier molecular flexibility index (Phi) is 5.41. The molecule has 0 fully saturated rings. The maximum Gasteiger partial charge on any atom is 0.300 e. The van der Waals surface area contributed by atoms with E-state index >= 15 is 0 Å². The van der Waals surface area contributed by atoms with Crippen molar-refractivity contribution in [3.8, 4) is 0 Å². The number of fused-ring (bicyclic) bond motifs is 3. The third-order valence-corrected chi connectivity index (χ3v) is 2.34. The van der Waals surface area contributed by atoms with Crippen LogP contribution in [0.5, 0.6) is 0 Å². The van der Waals surface area contributed by atoms with E-state index in [0.29, 0.717) is 0 Å². The van der Waals surface area contributed by atoms with Crippen molar-refractivity contribution in [2.45, 2.75) is 6.92 Å². The van der Waals surface area contributed by atoms with Gasteiger partial charge in [-0.15, -0.1) is 0 Å². The maximum absolute atomic E-state index is 9.00. The number of pyridine rings is 2. The van der Waals surface area contributed by atoms with E-state index in [2.05, 4.69) is 34.2 Å². The second-order valence-electron chi connectivity index (χ2n) is 3.73. The van der Waals surface area contributed by atoms with Crippen molar-refractivity contribution < 1.29 is 26.7 Å². The van der Waals surface area contributed by atoms with E-state index in [0.717, 1.165) is 28.7 Å². The summed E-state index contributed by atoms with van der Waals surface area (Å²) in [4.78, 5) is 17.7. The monoisotopic (exact) mass is 299 g/mol. The van der Waals surface area contributed by atoms with Gasteiger partial charge in [-0.25, -0.2) is 0 Å². The predicted molar refractivity (Wildman–Crippen MR) is 70.4 cm³/mol. The van der Waals surface area contributed by atoms with E-state index < -0.39 is 5.97 Å². The van der Waals surface area contributed by atoms with Crippen molar-refractivity contribution in [3.05, 3.63) is 48.8 Å². The number of nitrogens with zero attached hydrogens (tertiary/aromatic N) is 2. The van der Waals surface area contributed by atoms with E-state index in [9.17, 15) is 0 Å². The Labute approximate surface area is 120 Å². The van der Waals surface area contributed by atoms with E-state index in [1.165, 1.54) is 0 Å². The molecule has 0 bridgehead atoms. The topological polar surface area (TPSA) is 63.1 Å². The van der Waals surface area contributed by atoms with Crippen LogP contribution in [0.1, 0.15) is 6.92 Å². The zero-order valence-electron chi connectivity index (χ0n) is 10.2. The molecule has 0 saturated heterocycles. The van der Waals surface area contributed by atoms with Crippen molar-refractivity contribution in [3.63, 3.8) is 0 Å². The number of aliphatic carboxylic acids is 1. The summed E-state index contributed by atoms with van der Waals surface area (Å²) in [5.74, 6) is -0.833. The van der Waals surface area contributed by atoms with Gasteiger partial charge in [-0.2, -0.15) is 0 Å². The first-order chi connectivity index (χ1) is 8.68. The molecule has 2 aromatic heterocycles. The Morgan fingerprint density at radius 2 is 1.32 bits per heavy atom. The Morgan fingerprint density at radius 3 is 1.68 bits per heavy atom. The normalized spacial score (nSPS) is 9.32. The summed E-state index contributed by atoms with van der Waals surface area (Å²) in [6.07, 6.45) is 3.60. The van der Waals surface area contributed by atoms with Gasteiger partial charge in [-0.05, 0) is 12.1 Å². The molecule has 3 aromatic rings. The molecule has 5 heteroatoms. The van der Waals surface area contributed by atoms with Crippen molar-refractivity contribution in [2.75, 3.05) is 0 Å². The van der Waals surface area contributed by atoms with Crippen LogP contribution in [0, 0.1) is 0 Å². The summed E-state index contributed by atoms with van der Waals surface area (Å²) in [6, 6.07) is 12.1. The van der Waals surface area contributed by atoms with Crippen LogP contribution in [0.25, 0.3) is 21.8 Å². The number of aromatic nitrogens is 2. The van der Waals surface area contributed by atoms with Gasteiger partial charge in [-0.3, -0.25) is 14.8 Å². The van der Waals surface area contributed by atoms with Crippen LogP contribution >= 0.6 is 0 Å². The fourth-order valence-electron chi connectivity index (χ4n) is 1.68. The number of rotatable bonds is 0. The Balaban J connectivity index is 0.000000323. The molecule has 1 aromatic carbocycles. The van der Waals surface area contributed by atoms with Crippen LogP contribution in [0.15, 0.2) is 48.8 Å². The van der Waals surface area contributed by atoms with Gasteiger partial charge in [0, 0.05) is 46.9 Å². The molecule has 1 radical (unpaired) electrons. The zero-order chi connectivity index (χ0) is 13.0. The van der Waals surface area contributed by atoms with Gasteiger partial charge in [0.15, 0.2) is 0 Å². The molecule has 0 aliphatic heterocycles. The van der Waals surface area contributed by atoms with Gasteiger partial charge in [0.25, 0.3) is 5.97 Å². The van der Waals surface area contributed by atoms with Crippen LogP contribution in [0.2, 0.25) is 0 Å². The number of carboxylic acid groups (broad SMARTS) is 1. The molecule has 0 aliphatic rings. The molecule has 0 aliphatic carbocycles. The zero-order valence-corrected chi connectivity index (χ0v) is 11.2. The maximum atomic E-state index is 9.00.